The Labute approximate surface area is 115 Å². The van der Waals surface area contributed by atoms with Crippen molar-refractivity contribution in [2.45, 2.75) is 39.6 Å². The maximum absolute atomic E-state index is 9.15. The minimum Gasteiger partial charge on any atom is -0.390 e. The number of aliphatic hydroxyl groups is 1. The fourth-order valence-corrected chi connectivity index (χ4v) is 3.14. The van der Waals surface area contributed by atoms with Crippen molar-refractivity contribution in [1.29, 1.82) is 0 Å². The van der Waals surface area contributed by atoms with Crippen molar-refractivity contribution in [3.05, 3.63) is 27.5 Å². The van der Waals surface area contributed by atoms with E-state index in [0.29, 0.717) is 0 Å². The van der Waals surface area contributed by atoms with E-state index >= 15 is 0 Å². The van der Waals surface area contributed by atoms with Crippen molar-refractivity contribution in [3.63, 3.8) is 0 Å². The van der Waals surface area contributed by atoms with Gasteiger partial charge in [0, 0.05) is 19.6 Å². The van der Waals surface area contributed by atoms with Gasteiger partial charge in [-0.05, 0) is 19.4 Å². The summed E-state index contributed by atoms with van der Waals surface area (Å²) in [5.74, 6) is 0. The van der Waals surface area contributed by atoms with Crippen LogP contribution in [0.5, 0.6) is 0 Å². The summed E-state index contributed by atoms with van der Waals surface area (Å²) in [5, 5.41) is 23.9. The molecule has 0 unspecified atom stereocenters. The van der Waals surface area contributed by atoms with Crippen LogP contribution < -0.4 is 0 Å². The molecule has 0 radical (unpaired) electrons. The average Bonchev–Trinajstić information content (AvgIpc) is 2.92. The number of hydrogen-bond acceptors (Lipinski definition) is 6. The number of aromatic nitrogens is 4. The number of aliphatic hydroxyl groups excluding tert-OH is 1. The zero-order valence-corrected chi connectivity index (χ0v) is 11.7. The predicted molar refractivity (Wildman–Crippen MR) is 71.5 cm³/mol. The lowest BCUT2D eigenvalue weighted by atomic mass is 10.3. The molecule has 1 N–H and O–H groups in total. The van der Waals surface area contributed by atoms with E-state index in [0.717, 1.165) is 48.3 Å². The summed E-state index contributed by atoms with van der Waals surface area (Å²) < 4.78 is 2.01. The van der Waals surface area contributed by atoms with Gasteiger partial charge in [0.2, 0.25) is 0 Å². The first kappa shape index (κ1) is 12.7. The molecule has 6 nitrogen and oxygen atoms in total. The van der Waals surface area contributed by atoms with Crippen LogP contribution in [0.1, 0.15) is 27.8 Å². The Hall–Kier alpha value is -1.31. The Morgan fingerprint density at radius 3 is 3.00 bits per heavy atom. The summed E-state index contributed by atoms with van der Waals surface area (Å²) in [5.41, 5.74) is 1.92. The third-order valence-corrected chi connectivity index (χ3v) is 4.06. The normalized spacial score (nSPS) is 16.3. The summed E-state index contributed by atoms with van der Waals surface area (Å²) in [6, 6.07) is 1.99. The standard InChI is InChI=1S/C12H17N5OS/c1-9-13-14-12(19-9)7-16-3-2-4-17-11(6-16)5-10(8-18)15-17/h5,18H,2-4,6-8H2,1H3. The van der Waals surface area contributed by atoms with Crippen LogP contribution in [0.15, 0.2) is 6.07 Å². The minimum atomic E-state index is 0.00952. The molecule has 0 bridgehead atoms. The monoisotopic (exact) mass is 279 g/mol. The smallest absolute Gasteiger partial charge is 0.131 e. The summed E-state index contributed by atoms with van der Waals surface area (Å²) in [4.78, 5) is 2.36. The van der Waals surface area contributed by atoms with Gasteiger partial charge < -0.3 is 5.11 Å². The fraction of sp³-hybridized carbons (Fsp3) is 0.583. The molecular weight excluding hydrogens is 262 g/mol. The van der Waals surface area contributed by atoms with Crippen LogP contribution in [0.4, 0.5) is 0 Å². The lowest BCUT2D eigenvalue weighted by Gasteiger charge is -2.17. The van der Waals surface area contributed by atoms with Gasteiger partial charge in [-0.1, -0.05) is 0 Å². The van der Waals surface area contributed by atoms with Crippen LogP contribution in [-0.4, -0.2) is 36.5 Å². The molecule has 1 aliphatic heterocycles. The number of hydrogen-bond donors (Lipinski definition) is 1. The molecule has 0 spiro atoms. The highest BCUT2D eigenvalue weighted by Crippen LogP contribution is 2.17. The summed E-state index contributed by atoms with van der Waals surface area (Å²) in [6.07, 6.45) is 1.07. The second-order valence-electron chi connectivity index (χ2n) is 4.79. The van der Waals surface area contributed by atoms with Crippen LogP contribution in [0.2, 0.25) is 0 Å². The van der Waals surface area contributed by atoms with Gasteiger partial charge in [0.15, 0.2) is 0 Å². The molecule has 3 heterocycles. The van der Waals surface area contributed by atoms with Gasteiger partial charge in [0.05, 0.1) is 24.5 Å². The lowest BCUT2D eigenvalue weighted by Crippen LogP contribution is -2.22. The van der Waals surface area contributed by atoms with E-state index in [4.69, 9.17) is 5.11 Å². The van der Waals surface area contributed by atoms with Gasteiger partial charge >= 0.3 is 0 Å². The minimum absolute atomic E-state index is 0.00952. The van der Waals surface area contributed by atoms with E-state index in [1.54, 1.807) is 11.3 Å². The topological polar surface area (TPSA) is 67.1 Å². The van der Waals surface area contributed by atoms with E-state index in [2.05, 4.69) is 20.2 Å². The van der Waals surface area contributed by atoms with E-state index in [1.165, 1.54) is 5.69 Å². The fourth-order valence-electron chi connectivity index (χ4n) is 2.39. The van der Waals surface area contributed by atoms with Gasteiger partial charge in [0.25, 0.3) is 0 Å². The average molecular weight is 279 g/mol. The van der Waals surface area contributed by atoms with Gasteiger partial charge in [0.1, 0.15) is 10.0 Å². The van der Waals surface area contributed by atoms with Crippen molar-refractivity contribution < 1.29 is 5.11 Å². The van der Waals surface area contributed by atoms with Crippen LogP contribution in [0.25, 0.3) is 0 Å². The molecule has 19 heavy (non-hydrogen) atoms. The largest absolute Gasteiger partial charge is 0.390 e. The zero-order chi connectivity index (χ0) is 13.2. The van der Waals surface area contributed by atoms with Gasteiger partial charge in [-0.2, -0.15) is 5.10 Å². The number of fused-ring (bicyclic) bond motifs is 1. The Morgan fingerprint density at radius 2 is 2.26 bits per heavy atom. The van der Waals surface area contributed by atoms with E-state index in [9.17, 15) is 0 Å². The zero-order valence-electron chi connectivity index (χ0n) is 10.9. The molecule has 0 aromatic carbocycles. The first-order chi connectivity index (χ1) is 9.24. The number of nitrogens with zero attached hydrogens (tertiary/aromatic N) is 5. The van der Waals surface area contributed by atoms with Crippen molar-refractivity contribution in [1.82, 2.24) is 24.9 Å². The highest BCUT2D eigenvalue weighted by Gasteiger charge is 2.17. The molecule has 102 valence electrons. The molecule has 0 atom stereocenters. The van der Waals surface area contributed by atoms with E-state index < -0.39 is 0 Å². The third kappa shape index (κ3) is 2.83. The van der Waals surface area contributed by atoms with Crippen molar-refractivity contribution >= 4 is 11.3 Å². The second-order valence-corrected chi connectivity index (χ2v) is 6.05. The molecule has 0 aliphatic carbocycles. The molecule has 0 amide bonds. The first-order valence-corrected chi connectivity index (χ1v) is 7.24. The maximum atomic E-state index is 9.15. The quantitative estimate of drug-likeness (QED) is 0.905. The summed E-state index contributed by atoms with van der Waals surface area (Å²) in [7, 11) is 0. The maximum Gasteiger partial charge on any atom is 0.131 e. The Morgan fingerprint density at radius 1 is 1.37 bits per heavy atom. The Kier molecular flexibility index (Phi) is 3.58. The van der Waals surface area contributed by atoms with Crippen LogP contribution >= 0.6 is 11.3 Å². The summed E-state index contributed by atoms with van der Waals surface area (Å²) in [6.45, 7) is 5.63. The SMILES string of the molecule is Cc1nnc(CN2CCCn3nc(CO)cc3C2)s1. The predicted octanol–water partition coefficient (Wildman–Crippen LogP) is 0.941. The van der Waals surface area contributed by atoms with Gasteiger partial charge in [-0.15, -0.1) is 21.5 Å². The number of aryl methyl sites for hydroxylation is 2. The molecule has 2 aromatic rings. The van der Waals surface area contributed by atoms with Gasteiger partial charge in [-0.25, -0.2) is 0 Å². The second kappa shape index (κ2) is 5.36. The van der Waals surface area contributed by atoms with Crippen LogP contribution in [0.3, 0.4) is 0 Å². The highest BCUT2D eigenvalue weighted by molar-refractivity contribution is 7.11. The molecule has 0 saturated heterocycles. The highest BCUT2D eigenvalue weighted by atomic mass is 32.1. The molecule has 0 saturated carbocycles. The molecule has 0 fully saturated rings. The van der Waals surface area contributed by atoms with Crippen LogP contribution in [0, 0.1) is 6.92 Å². The molecule has 2 aromatic heterocycles. The molecule has 3 rings (SSSR count). The number of rotatable bonds is 3. The molecule has 7 heteroatoms. The Bertz CT molecular complexity index is 564. The van der Waals surface area contributed by atoms with Crippen molar-refractivity contribution in [2.24, 2.45) is 0 Å². The van der Waals surface area contributed by atoms with E-state index in [-0.39, 0.29) is 6.61 Å². The van der Waals surface area contributed by atoms with E-state index in [1.807, 2.05) is 17.7 Å². The summed E-state index contributed by atoms with van der Waals surface area (Å²) >= 11 is 1.65. The molecule has 1 aliphatic rings. The lowest BCUT2D eigenvalue weighted by molar-refractivity contribution is 0.259. The van der Waals surface area contributed by atoms with Crippen molar-refractivity contribution in [2.75, 3.05) is 6.54 Å². The molecular formula is C12H17N5OS. The third-order valence-electron chi connectivity index (χ3n) is 3.23. The van der Waals surface area contributed by atoms with Gasteiger partial charge in [-0.3, -0.25) is 9.58 Å². The van der Waals surface area contributed by atoms with Crippen LogP contribution in [-0.2, 0) is 26.2 Å². The Balaban J connectivity index is 1.74. The van der Waals surface area contributed by atoms with Crippen molar-refractivity contribution in [3.8, 4) is 0 Å². The first-order valence-electron chi connectivity index (χ1n) is 6.42.